The standard InChI is InChI=1S/C21H32N2O5S/c1-8-27-19(25)16(12-29-14(4)24)18(13(2)3)15-9-10-17(22-11-15)23-20(26)28-21(5,6)7/h9-11,13,16,18H,8,12H2,1-7H3,(H,22,23,26). The molecule has 1 heterocycles. The minimum atomic E-state index is -0.603. The van der Waals surface area contributed by atoms with Crippen LogP contribution in [-0.4, -0.2) is 40.1 Å². The molecule has 1 rings (SSSR count). The average molecular weight is 425 g/mol. The number of anilines is 1. The number of hydrogen-bond acceptors (Lipinski definition) is 7. The molecule has 0 fully saturated rings. The lowest BCUT2D eigenvalue weighted by Gasteiger charge is -2.28. The quantitative estimate of drug-likeness (QED) is 0.608. The third-order valence-electron chi connectivity index (χ3n) is 4.01. The highest BCUT2D eigenvalue weighted by molar-refractivity contribution is 8.13. The summed E-state index contributed by atoms with van der Waals surface area (Å²) in [5.41, 5.74) is 0.241. The summed E-state index contributed by atoms with van der Waals surface area (Å²) in [6, 6.07) is 3.50. The first-order valence-electron chi connectivity index (χ1n) is 9.70. The van der Waals surface area contributed by atoms with Crippen LogP contribution in [0.2, 0.25) is 0 Å². The van der Waals surface area contributed by atoms with Crippen molar-refractivity contribution in [3.05, 3.63) is 23.9 Å². The van der Waals surface area contributed by atoms with Crippen molar-refractivity contribution < 1.29 is 23.9 Å². The highest BCUT2D eigenvalue weighted by atomic mass is 32.2. The molecule has 0 aliphatic rings. The van der Waals surface area contributed by atoms with Gasteiger partial charge in [-0.2, -0.15) is 0 Å². The van der Waals surface area contributed by atoms with E-state index in [1.165, 1.54) is 6.92 Å². The largest absolute Gasteiger partial charge is 0.466 e. The smallest absolute Gasteiger partial charge is 0.413 e. The van der Waals surface area contributed by atoms with E-state index in [9.17, 15) is 14.4 Å². The van der Waals surface area contributed by atoms with Gasteiger partial charge in [-0.05, 0) is 45.2 Å². The Labute approximate surface area is 177 Å². The Kier molecular flexibility index (Phi) is 9.62. The third kappa shape index (κ3) is 8.85. The van der Waals surface area contributed by atoms with Gasteiger partial charge in [-0.3, -0.25) is 14.9 Å². The molecule has 0 radical (unpaired) electrons. The number of ether oxygens (including phenoxy) is 2. The van der Waals surface area contributed by atoms with E-state index in [-0.39, 0.29) is 29.5 Å². The molecule has 1 amide bonds. The highest BCUT2D eigenvalue weighted by Crippen LogP contribution is 2.35. The van der Waals surface area contributed by atoms with Crippen molar-refractivity contribution in [2.24, 2.45) is 11.8 Å². The molecule has 1 N–H and O–H groups in total. The molecule has 0 aromatic carbocycles. The number of aromatic nitrogens is 1. The summed E-state index contributed by atoms with van der Waals surface area (Å²) in [6.45, 7) is 12.9. The van der Waals surface area contributed by atoms with Crippen LogP contribution in [0.4, 0.5) is 10.6 Å². The van der Waals surface area contributed by atoms with Crippen LogP contribution in [0.15, 0.2) is 18.3 Å². The van der Waals surface area contributed by atoms with E-state index in [4.69, 9.17) is 9.47 Å². The number of carbonyl (C=O) groups excluding carboxylic acids is 3. The lowest BCUT2D eigenvalue weighted by Crippen LogP contribution is -2.30. The maximum absolute atomic E-state index is 12.6. The number of thioether (sulfide) groups is 1. The Bertz CT molecular complexity index is 698. The fraction of sp³-hybridized carbons (Fsp3) is 0.619. The summed E-state index contributed by atoms with van der Waals surface area (Å²) in [5.74, 6) is -0.163. The van der Waals surface area contributed by atoms with Crippen LogP contribution in [0.5, 0.6) is 0 Å². The van der Waals surface area contributed by atoms with E-state index in [0.717, 1.165) is 17.3 Å². The minimum absolute atomic E-state index is 0.0446. The number of hydrogen-bond donors (Lipinski definition) is 1. The Morgan fingerprint density at radius 2 is 1.86 bits per heavy atom. The molecular weight excluding hydrogens is 392 g/mol. The Morgan fingerprint density at radius 1 is 1.21 bits per heavy atom. The summed E-state index contributed by atoms with van der Waals surface area (Å²) < 4.78 is 10.5. The fourth-order valence-electron chi connectivity index (χ4n) is 2.94. The molecule has 1 aromatic heterocycles. The van der Waals surface area contributed by atoms with Crippen molar-refractivity contribution in [2.45, 2.75) is 60.0 Å². The van der Waals surface area contributed by atoms with Crippen molar-refractivity contribution in [3.63, 3.8) is 0 Å². The molecule has 0 bridgehead atoms. The van der Waals surface area contributed by atoms with Crippen molar-refractivity contribution in [1.29, 1.82) is 0 Å². The summed E-state index contributed by atoms with van der Waals surface area (Å²) in [7, 11) is 0. The lowest BCUT2D eigenvalue weighted by molar-refractivity contribution is -0.148. The van der Waals surface area contributed by atoms with E-state index in [1.807, 2.05) is 19.9 Å². The number of nitrogens with zero attached hydrogens (tertiary/aromatic N) is 1. The van der Waals surface area contributed by atoms with Gasteiger partial charge in [-0.1, -0.05) is 31.7 Å². The van der Waals surface area contributed by atoms with Crippen molar-refractivity contribution >= 4 is 34.8 Å². The second-order valence-corrected chi connectivity index (χ2v) is 9.23. The summed E-state index contributed by atoms with van der Waals surface area (Å²) in [5, 5.41) is 2.55. The van der Waals surface area contributed by atoms with Crippen molar-refractivity contribution in [1.82, 2.24) is 4.98 Å². The molecule has 0 saturated carbocycles. The Morgan fingerprint density at radius 3 is 2.31 bits per heavy atom. The lowest BCUT2D eigenvalue weighted by atomic mass is 9.79. The van der Waals surface area contributed by atoms with Crippen molar-refractivity contribution in [2.75, 3.05) is 17.7 Å². The van der Waals surface area contributed by atoms with Gasteiger partial charge in [0.05, 0.1) is 12.5 Å². The predicted octanol–water partition coefficient (Wildman–Crippen LogP) is 4.63. The molecule has 0 spiro atoms. The second kappa shape index (κ2) is 11.2. The first kappa shape index (κ1) is 24.9. The molecule has 8 heteroatoms. The molecule has 2 atom stereocenters. The van der Waals surface area contributed by atoms with Gasteiger partial charge in [0.15, 0.2) is 5.12 Å². The first-order valence-corrected chi connectivity index (χ1v) is 10.7. The molecule has 162 valence electrons. The second-order valence-electron chi connectivity index (χ2n) is 8.03. The Hall–Kier alpha value is -2.09. The van der Waals surface area contributed by atoms with E-state index in [0.29, 0.717) is 11.6 Å². The van der Waals surface area contributed by atoms with Gasteiger partial charge in [0.1, 0.15) is 11.4 Å². The molecule has 0 saturated heterocycles. The van der Waals surface area contributed by atoms with Crippen LogP contribution in [0, 0.1) is 11.8 Å². The molecule has 1 aromatic rings. The number of pyridine rings is 1. The summed E-state index contributed by atoms with van der Waals surface area (Å²) in [4.78, 5) is 40.2. The molecule has 0 aliphatic carbocycles. The minimum Gasteiger partial charge on any atom is -0.466 e. The Balaban J connectivity index is 3.05. The van der Waals surface area contributed by atoms with Gasteiger partial charge in [0.2, 0.25) is 0 Å². The monoisotopic (exact) mass is 424 g/mol. The summed E-state index contributed by atoms with van der Waals surface area (Å²) in [6.07, 6.45) is 1.06. The number of nitrogens with one attached hydrogen (secondary N) is 1. The highest BCUT2D eigenvalue weighted by Gasteiger charge is 2.33. The van der Waals surface area contributed by atoms with E-state index in [2.05, 4.69) is 10.3 Å². The number of amides is 1. The fourth-order valence-corrected chi connectivity index (χ4v) is 3.70. The van der Waals surface area contributed by atoms with E-state index >= 15 is 0 Å². The van der Waals surface area contributed by atoms with Gasteiger partial charge < -0.3 is 9.47 Å². The molecule has 29 heavy (non-hydrogen) atoms. The van der Waals surface area contributed by atoms with Crippen LogP contribution in [0.3, 0.4) is 0 Å². The van der Waals surface area contributed by atoms with Crippen LogP contribution in [0.1, 0.15) is 59.9 Å². The van der Waals surface area contributed by atoms with Gasteiger partial charge >= 0.3 is 12.1 Å². The van der Waals surface area contributed by atoms with Gasteiger partial charge in [0.25, 0.3) is 0 Å². The SMILES string of the molecule is CCOC(=O)C(CSC(C)=O)C(c1ccc(NC(=O)OC(C)(C)C)nc1)C(C)C. The van der Waals surface area contributed by atoms with Gasteiger partial charge in [0, 0.05) is 24.8 Å². The number of carbonyl (C=O) groups is 3. The van der Waals surface area contributed by atoms with Gasteiger partial charge in [-0.15, -0.1) is 0 Å². The van der Waals surface area contributed by atoms with Gasteiger partial charge in [-0.25, -0.2) is 9.78 Å². The zero-order valence-electron chi connectivity index (χ0n) is 18.3. The molecular formula is C21H32N2O5S. The van der Waals surface area contributed by atoms with Crippen LogP contribution >= 0.6 is 11.8 Å². The third-order valence-corrected chi connectivity index (χ3v) is 4.94. The predicted molar refractivity (Wildman–Crippen MR) is 115 cm³/mol. The number of esters is 1. The normalized spacial score (nSPS) is 13.5. The summed E-state index contributed by atoms with van der Waals surface area (Å²) >= 11 is 1.12. The zero-order valence-corrected chi connectivity index (χ0v) is 19.1. The van der Waals surface area contributed by atoms with E-state index < -0.39 is 17.6 Å². The first-order chi connectivity index (χ1) is 13.4. The van der Waals surface area contributed by atoms with Crippen LogP contribution in [-0.2, 0) is 19.1 Å². The number of rotatable bonds is 8. The topological polar surface area (TPSA) is 94.6 Å². The molecule has 0 aliphatic heterocycles. The van der Waals surface area contributed by atoms with Crippen LogP contribution in [0.25, 0.3) is 0 Å². The molecule has 7 nitrogen and oxygen atoms in total. The zero-order chi connectivity index (χ0) is 22.2. The molecule has 2 unspecified atom stereocenters. The average Bonchev–Trinajstić information content (AvgIpc) is 2.57. The van der Waals surface area contributed by atoms with Crippen LogP contribution < -0.4 is 5.32 Å². The maximum Gasteiger partial charge on any atom is 0.413 e. The maximum atomic E-state index is 12.6. The van der Waals surface area contributed by atoms with Crippen molar-refractivity contribution in [3.8, 4) is 0 Å². The van der Waals surface area contributed by atoms with E-state index in [1.54, 1.807) is 40.0 Å².